The van der Waals surface area contributed by atoms with E-state index in [2.05, 4.69) is 4.74 Å². The van der Waals surface area contributed by atoms with Gasteiger partial charge in [0, 0.05) is 6.54 Å². The average molecular weight is 253 g/mol. The Morgan fingerprint density at radius 2 is 2.35 bits per heavy atom. The number of carbonyl (C=O) groups is 1. The van der Waals surface area contributed by atoms with Crippen LogP contribution in [0.3, 0.4) is 0 Å². The highest BCUT2D eigenvalue weighted by Gasteiger charge is 2.26. The molecule has 1 rings (SSSR count). The first kappa shape index (κ1) is 14.3. The first-order valence-electron chi connectivity index (χ1n) is 5.49. The highest BCUT2D eigenvalue weighted by Crippen LogP contribution is 2.08. The molecule has 0 bridgehead atoms. The maximum Gasteiger partial charge on any atom is 0.261 e. The number of nitrogens with zero attached hydrogens (tertiary/aromatic N) is 1. The molecule has 1 fully saturated rings. The maximum absolute atomic E-state index is 11.8. The largest absolute Gasteiger partial charge is 0.394 e. The van der Waals surface area contributed by atoms with Crippen molar-refractivity contribution in [2.45, 2.75) is 18.9 Å². The molecule has 1 atom stereocenters. The summed E-state index contributed by atoms with van der Waals surface area (Å²) in [6.45, 7) is 0.307. The quantitative estimate of drug-likeness (QED) is 0.670. The summed E-state index contributed by atoms with van der Waals surface area (Å²) >= 11 is 0. The number of aliphatic hydroxyl groups is 1. The summed E-state index contributed by atoms with van der Waals surface area (Å²) < 4.78 is 33.3. The molecule has 1 aliphatic rings. The fourth-order valence-corrected chi connectivity index (χ4v) is 1.61. The van der Waals surface area contributed by atoms with Gasteiger partial charge in [-0.2, -0.15) is 0 Å². The smallest absolute Gasteiger partial charge is 0.261 e. The van der Waals surface area contributed by atoms with E-state index < -0.39 is 13.0 Å². The predicted molar refractivity (Wildman–Crippen MR) is 54.8 cm³/mol. The van der Waals surface area contributed by atoms with Crippen LogP contribution in [0.4, 0.5) is 8.78 Å². The fraction of sp³-hybridized carbons (Fsp3) is 0.900. The number of rotatable bonds is 6. The Hall–Kier alpha value is -0.790. The summed E-state index contributed by atoms with van der Waals surface area (Å²) in [6.07, 6.45) is -2.47. The number of halogens is 2. The molecule has 0 spiro atoms. The summed E-state index contributed by atoms with van der Waals surface area (Å²) in [6, 6.07) is -0.341. The zero-order valence-electron chi connectivity index (χ0n) is 9.48. The summed E-state index contributed by atoms with van der Waals surface area (Å²) in [7, 11) is 0. The molecule has 1 unspecified atom stereocenters. The van der Waals surface area contributed by atoms with Crippen LogP contribution in [0.2, 0.25) is 0 Å². The van der Waals surface area contributed by atoms with Crippen LogP contribution in [0.5, 0.6) is 0 Å². The molecule has 5 nitrogen and oxygen atoms in total. The summed E-state index contributed by atoms with van der Waals surface area (Å²) in [4.78, 5) is 13.2. The second kappa shape index (κ2) is 7.52. The normalized spacial score (nSPS) is 20.9. The lowest BCUT2D eigenvalue weighted by molar-refractivity contribution is -0.143. The molecule has 0 aliphatic carbocycles. The van der Waals surface area contributed by atoms with Crippen LogP contribution in [0.15, 0.2) is 0 Å². The van der Waals surface area contributed by atoms with Crippen LogP contribution in [0.1, 0.15) is 6.42 Å². The monoisotopic (exact) mass is 253 g/mol. The van der Waals surface area contributed by atoms with Crippen molar-refractivity contribution in [2.75, 3.05) is 39.6 Å². The van der Waals surface area contributed by atoms with Crippen LogP contribution in [-0.4, -0.2) is 68.0 Å². The number of aliphatic hydroxyl groups excluding tert-OH is 1. The van der Waals surface area contributed by atoms with Crippen molar-refractivity contribution in [3.63, 3.8) is 0 Å². The third-order valence-corrected chi connectivity index (χ3v) is 2.46. The van der Waals surface area contributed by atoms with Crippen molar-refractivity contribution in [3.8, 4) is 0 Å². The van der Waals surface area contributed by atoms with Gasteiger partial charge in [-0.25, -0.2) is 8.78 Å². The SMILES string of the molecule is O=C(CCOCC(F)F)N1CCOCC1CO. The van der Waals surface area contributed by atoms with Gasteiger partial charge in [-0.3, -0.25) is 4.79 Å². The number of carbonyl (C=O) groups excluding carboxylic acids is 1. The van der Waals surface area contributed by atoms with Gasteiger partial charge >= 0.3 is 0 Å². The molecule has 1 amide bonds. The lowest BCUT2D eigenvalue weighted by Gasteiger charge is -2.34. The minimum atomic E-state index is -2.52. The molecule has 1 aliphatic heterocycles. The van der Waals surface area contributed by atoms with Crippen molar-refractivity contribution in [2.24, 2.45) is 0 Å². The van der Waals surface area contributed by atoms with Crippen molar-refractivity contribution in [3.05, 3.63) is 0 Å². The molecule has 0 radical (unpaired) electrons. The Morgan fingerprint density at radius 1 is 1.59 bits per heavy atom. The number of amides is 1. The first-order valence-corrected chi connectivity index (χ1v) is 5.49. The van der Waals surface area contributed by atoms with Crippen LogP contribution in [0.25, 0.3) is 0 Å². The molecular weight excluding hydrogens is 236 g/mol. The molecule has 7 heteroatoms. The third kappa shape index (κ3) is 4.93. The standard InChI is InChI=1S/C10H17F2NO4/c11-9(12)7-16-3-1-10(15)13-2-4-17-6-8(13)5-14/h8-9,14H,1-7H2. The summed E-state index contributed by atoms with van der Waals surface area (Å²) in [5, 5.41) is 9.05. The summed E-state index contributed by atoms with van der Waals surface area (Å²) in [5.41, 5.74) is 0. The topological polar surface area (TPSA) is 59.0 Å². The van der Waals surface area contributed by atoms with Gasteiger partial charge < -0.3 is 19.5 Å². The Bertz CT molecular complexity index is 240. The number of hydrogen-bond acceptors (Lipinski definition) is 4. The van der Waals surface area contributed by atoms with Crippen molar-refractivity contribution < 1.29 is 28.2 Å². The number of alkyl halides is 2. The van der Waals surface area contributed by atoms with E-state index in [4.69, 9.17) is 9.84 Å². The van der Waals surface area contributed by atoms with E-state index in [-0.39, 0.29) is 31.6 Å². The maximum atomic E-state index is 11.8. The Morgan fingerprint density at radius 3 is 3.00 bits per heavy atom. The van der Waals surface area contributed by atoms with Gasteiger partial charge in [0.05, 0.1) is 38.9 Å². The molecule has 17 heavy (non-hydrogen) atoms. The van der Waals surface area contributed by atoms with E-state index in [1.54, 1.807) is 0 Å². The highest BCUT2D eigenvalue weighted by atomic mass is 19.3. The second-order valence-corrected chi connectivity index (χ2v) is 3.71. The molecule has 1 heterocycles. The van der Waals surface area contributed by atoms with Crippen LogP contribution < -0.4 is 0 Å². The van der Waals surface area contributed by atoms with Gasteiger partial charge in [0.1, 0.15) is 6.61 Å². The number of morpholine rings is 1. The molecular formula is C10H17F2NO4. The van der Waals surface area contributed by atoms with Gasteiger partial charge in [0.25, 0.3) is 6.43 Å². The van der Waals surface area contributed by atoms with Gasteiger partial charge in [-0.05, 0) is 0 Å². The first-order chi connectivity index (χ1) is 8.15. The third-order valence-electron chi connectivity index (χ3n) is 2.46. The lowest BCUT2D eigenvalue weighted by Crippen LogP contribution is -2.50. The molecule has 1 saturated heterocycles. The van der Waals surface area contributed by atoms with Gasteiger partial charge in [0.2, 0.25) is 5.91 Å². The van der Waals surface area contributed by atoms with Crippen LogP contribution in [-0.2, 0) is 14.3 Å². The average Bonchev–Trinajstić information content (AvgIpc) is 2.34. The zero-order chi connectivity index (χ0) is 12.7. The number of hydrogen-bond donors (Lipinski definition) is 1. The van der Waals surface area contributed by atoms with Crippen molar-refractivity contribution in [1.29, 1.82) is 0 Å². The summed E-state index contributed by atoms with van der Waals surface area (Å²) in [5.74, 6) is -0.207. The molecule has 100 valence electrons. The van der Waals surface area contributed by atoms with E-state index in [0.29, 0.717) is 19.8 Å². The van der Waals surface area contributed by atoms with Crippen LogP contribution >= 0.6 is 0 Å². The molecule has 0 aromatic rings. The van der Waals surface area contributed by atoms with E-state index in [9.17, 15) is 13.6 Å². The van der Waals surface area contributed by atoms with E-state index in [0.717, 1.165) is 0 Å². The number of ether oxygens (including phenoxy) is 2. The second-order valence-electron chi connectivity index (χ2n) is 3.71. The van der Waals surface area contributed by atoms with E-state index in [1.165, 1.54) is 4.90 Å². The zero-order valence-corrected chi connectivity index (χ0v) is 9.48. The molecule has 1 N–H and O–H groups in total. The lowest BCUT2D eigenvalue weighted by atomic mass is 10.2. The van der Waals surface area contributed by atoms with E-state index in [1.807, 2.05) is 0 Å². The Kier molecular flexibility index (Phi) is 6.31. The minimum Gasteiger partial charge on any atom is -0.394 e. The highest BCUT2D eigenvalue weighted by molar-refractivity contribution is 5.76. The minimum absolute atomic E-state index is 0.0291. The predicted octanol–water partition coefficient (Wildman–Crippen LogP) is -0.122. The molecule has 0 aromatic heterocycles. The van der Waals surface area contributed by atoms with Crippen molar-refractivity contribution in [1.82, 2.24) is 4.90 Å². The van der Waals surface area contributed by atoms with Gasteiger partial charge in [-0.15, -0.1) is 0 Å². The molecule has 0 saturated carbocycles. The molecule has 0 aromatic carbocycles. The van der Waals surface area contributed by atoms with Gasteiger partial charge in [-0.1, -0.05) is 0 Å². The fourth-order valence-electron chi connectivity index (χ4n) is 1.61. The Labute approximate surface area is 98.3 Å². The van der Waals surface area contributed by atoms with Crippen molar-refractivity contribution >= 4 is 5.91 Å². The Balaban J connectivity index is 2.25. The van der Waals surface area contributed by atoms with E-state index >= 15 is 0 Å². The van der Waals surface area contributed by atoms with Crippen LogP contribution in [0, 0.1) is 0 Å². The van der Waals surface area contributed by atoms with Gasteiger partial charge in [0.15, 0.2) is 0 Å².